The van der Waals surface area contributed by atoms with Crippen LogP contribution in [-0.2, 0) is 13.8 Å². The third-order valence-corrected chi connectivity index (χ3v) is 2.50. The lowest BCUT2D eigenvalue weighted by Crippen LogP contribution is -2.35. The Morgan fingerprint density at radius 1 is 1.27 bits per heavy atom. The van der Waals surface area contributed by atoms with Gasteiger partial charge in [0.05, 0.1) is 21.0 Å². The van der Waals surface area contributed by atoms with Crippen LogP contribution < -0.4 is 9.79 Å². The van der Waals surface area contributed by atoms with Gasteiger partial charge in [-0.2, -0.15) is 0 Å². The molecular formula is C6H11O8P-2. The maximum Gasteiger partial charge on any atom is 0.111 e. The number of aliphatic hydroxyl groups excluding tert-OH is 3. The average molecular weight is 242 g/mol. The molecule has 0 bridgehead atoms. The molecule has 3 N–H and O–H groups in total. The second-order valence-electron chi connectivity index (χ2n) is 3.12. The van der Waals surface area contributed by atoms with Gasteiger partial charge in [0.25, 0.3) is 0 Å². The largest absolute Gasteiger partial charge is 0.790 e. The summed E-state index contributed by atoms with van der Waals surface area (Å²) in [6.07, 6.45) is -4.88. The lowest BCUT2D eigenvalue weighted by molar-refractivity contribution is -0.343. The Morgan fingerprint density at radius 3 is 2.20 bits per heavy atom. The molecule has 1 heterocycles. The first-order valence-electron chi connectivity index (χ1n) is 4.14. The lowest BCUT2D eigenvalue weighted by Gasteiger charge is -2.30. The van der Waals surface area contributed by atoms with Crippen molar-refractivity contribution in [3.63, 3.8) is 0 Å². The van der Waals surface area contributed by atoms with Gasteiger partial charge in [0.15, 0.2) is 0 Å². The van der Waals surface area contributed by atoms with Crippen molar-refractivity contribution in [3.8, 4) is 0 Å². The highest BCUT2D eigenvalue weighted by Gasteiger charge is 2.42. The third kappa shape index (κ3) is 3.47. The van der Waals surface area contributed by atoms with E-state index >= 15 is 0 Å². The van der Waals surface area contributed by atoms with E-state index in [9.17, 15) is 24.6 Å². The van der Waals surface area contributed by atoms with Crippen molar-refractivity contribution in [2.24, 2.45) is 0 Å². The van der Waals surface area contributed by atoms with Crippen molar-refractivity contribution < 1.29 is 38.9 Å². The zero-order valence-electron chi connectivity index (χ0n) is 7.55. The molecule has 1 saturated heterocycles. The molecule has 0 aliphatic carbocycles. The molecule has 9 heteroatoms. The third-order valence-electron chi connectivity index (χ3n) is 2.04. The van der Waals surface area contributed by atoms with Crippen molar-refractivity contribution in [1.82, 2.24) is 0 Å². The fourth-order valence-electron chi connectivity index (χ4n) is 1.28. The Bertz CT molecular complexity index is 252. The van der Waals surface area contributed by atoms with Crippen LogP contribution in [0.5, 0.6) is 0 Å². The molecule has 0 radical (unpaired) electrons. The summed E-state index contributed by atoms with van der Waals surface area (Å²) in [6, 6.07) is 0. The van der Waals surface area contributed by atoms with E-state index in [-0.39, 0.29) is 0 Å². The summed E-state index contributed by atoms with van der Waals surface area (Å²) < 4.78 is 18.9. The maximum atomic E-state index is 10.1. The highest BCUT2D eigenvalue weighted by atomic mass is 31.2. The molecule has 90 valence electrons. The van der Waals surface area contributed by atoms with Crippen LogP contribution in [0.2, 0.25) is 0 Å². The Labute approximate surface area is 85.3 Å². The quantitative estimate of drug-likeness (QED) is 0.427. The molecule has 0 unspecified atom stereocenters. The van der Waals surface area contributed by atoms with E-state index in [0.717, 1.165) is 0 Å². The molecular weight excluding hydrogens is 231 g/mol. The van der Waals surface area contributed by atoms with Crippen LogP contribution in [0.1, 0.15) is 0 Å². The summed E-state index contributed by atoms with van der Waals surface area (Å²) in [5.41, 5.74) is 0. The molecule has 0 aromatic carbocycles. The van der Waals surface area contributed by atoms with Crippen molar-refractivity contribution in [1.29, 1.82) is 0 Å². The molecule has 1 rings (SSSR count). The van der Waals surface area contributed by atoms with Crippen molar-refractivity contribution >= 4 is 7.82 Å². The molecule has 1 aliphatic rings. The van der Waals surface area contributed by atoms with Crippen LogP contribution in [0.4, 0.5) is 0 Å². The fourth-order valence-corrected chi connectivity index (χ4v) is 1.61. The number of hydrogen-bond acceptors (Lipinski definition) is 8. The lowest BCUT2D eigenvalue weighted by atomic mass is 10.1. The zero-order chi connectivity index (χ0) is 11.6. The SMILES string of the molecule is O=P([O-])([O-])OC[C@H]1O[C@H](CO)[C@@H](O)[C@@H]1O. The van der Waals surface area contributed by atoms with Gasteiger partial charge in [-0.1, -0.05) is 0 Å². The molecule has 0 aromatic rings. The van der Waals surface area contributed by atoms with Crippen molar-refractivity contribution in [2.75, 3.05) is 13.2 Å². The summed E-state index contributed by atoms with van der Waals surface area (Å²) in [5.74, 6) is 0. The van der Waals surface area contributed by atoms with Gasteiger partial charge in [0.1, 0.15) is 24.4 Å². The molecule has 0 amide bonds. The number of ether oxygens (including phenoxy) is 1. The van der Waals surface area contributed by atoms with Crippen molar-refractivity contribution in [2.45, 2.75) is 24.4 Å². The van der Waals surface area contributed by atoms with Crippen LogP contribution >= 0.6 is 7.82 Å². The topological polar surface area (TPSA) is 142 Å². The fraction of sp³-hybridized carbons (Fsp3) is 1.00. The smallest absolute Gasteiger partial charge is 0.111 e. The minimum Gasteiger partial charge on any atom is -0.790 e. The molecule has 1 fully saturated rings. The first-order valence-corrected chi connectivity index (χ1v) is 5.60. The average Bonchev–Trinajstić information content (AvgIpc) is 2.40. The molecule has 15 heavy (non-hydrogen) atoms. The Kier molecular flexibility index (Phi) is 4.21. The summed E-state index contributed by atoms with van der Waals surface area (Å²) in [5, 5.41) is 27.2. The number of phosphoric acid groups is 1. The molecule has 8 nitrogen and oxygen atoms in total. The monoisotopic (exact) mass is 242 g/mol. The summed E-state index contributed by atoms with van der Waals surface area (Å²) >= 11 is 0. The van der Waals surface area contributed by atoms with E-state index in [1.807, 2.05) is 0 Å². The van der Waals surface area contributed by atoms with Crippen LogP contribution in [0.15, 0.2) is 0 Å². The van der Waals surface area contributed by atoms with Crippen LogP contribution in [0.3, 0.4) is 0 Å². The van der Waals surface area contributed by atoms with Crippen LogP contribution in [0, 0.1) is 0 Å². The van der Waals surface area contributed by atoms with Gasteiger partial charge in [0, 0.05) is 0 Å². The van der Waals surface area contributed by atoms with Gasteiger partial charge in [-0.3, -0.25) is 0 Å². The maximum absolute atomic E-state index is 10.1. The van der Waals surface area contributed by atoms with E-state index in [2.05, 4.69) is 4.52 Å². The standard InChI is InChI=1S/C6H13O8P/c7-1-3-5(8)6(9)4(14-3)2-13-15(10,11)12/h3-9H,1-2H2,(H2,10,11,12)/p-2/t3-,4-,5-,6-/m1/s1. The molecule has 0 aromatic heterocycles. The molecule has 4 atom stereocenters. The van der Waals surface area contributed by atoms with Crippen molar-refractivity contribution in [3.05, 3.63) is 0 Å². The van der Waals surface area contributed by atoms with E-state index in [1.165, 1.54) is 0 Å². The minimum atomic E-state index is -5.13. The molecule has 0 spiro atoms. The summed E-state index contributed by atoms with van der Waals surface area (Å²) in [4.78, 5) is 20.3. The number of aliphatic hydroxyl groups is 3. The zero-order valence-corrected chi connectivity index (χ0v) is 8.45. The number of phosphoric ester groups is 1. The predicted molar refractivity (Wildman–Crippen MR) is 41.3 cm³/mol. The first kappa shape index (κ1) is 13.0. The van der Waals surface area contributed by atoms with Crippen LogP contribution in [-0.4, -0.2) is 52.9 Å². The van der Waals surface area contributed by atoms with Gasteiger partial charge < -0.3 is 38.9 Å². The second kappa shape index (κ2) is 4.86. The summed E-state index contributed by atoms with van der Waals surface area (Å²) in [7, 11) is -5.13. The van der Waals surface area contributed by atoms with E-state index in [4.69, 9.17) is 9.84 Å². The number of hydrogen-bond donors (Lipinski definition) is 3. The van der Waals surface area contributed by atoms with E-state index in [1.54, 1.807) is 0 Å². The van der Waals surface area contributed by atoms with Gasteiger partial charge in [-0.05, 0) is 0 Å². The number of rotatable bonds is 4. The Hall–Kier alpha value is -0.0500. The van der Waals surface area contributed by atoms with Gasteiger partial charge in [-0.25, -0.2) is 0 Å². The second-order valence-corrected chi connectivity index (χ2v) is 4.27. The van der Waals surface area contributed by atoms with Gasteiger partial charge in [0.2, 0.25) is 0 Å². The minimum absolute atomic E-state index is 0.527. The highest BCUT2D eigenvalue weighted by molar-refractivity contribution is 7.43. The van der Waals surface area contributed by atoms with Gasteiger partial charge in [-0.15, -0.1) is 0 Å². The summed E-state index contributed by atoms with van der Waals surface area (Å²) in [6.45, 7) is -1.21. The van der Waals surface area contributed by atoms with E-state index < -0.39 is 45.5 Å². The van der Waals surface area contributed by atoms with E-state index in [0.29, 0.717) is 0 Å². The van der Waals surface area contributed by atoms with Crippen LogP contribution in [0.25, 0.3) is 0 Å². The Balaban J connectivity index is 2.47. The normalized spacial score (nSPS) is 37.1. The molecule has 0 saturated carbocycles. The van der Waals surface area contributed by atoms with Gasteiger partial charge >= 0.3 is 0 Å². The predicted octanol–water partition coefficient (Wildman–Crippen LogP) is -3.69. The first-order chi connectivity index (χ1) is 6.85. The highest BCUT2D eigenvalue weighted by Crippen LogP contribution is 2.28. The Morgan fingerprint density at radius 2 is 1.80 bits per heavy atom. The molecule has 1 aliphatic heterocycles.